The summed E-state index contributed by atoms with van der Waals surface area (Å²) >= 11 is 0. The fraction of sp³-hybridized carbons (Fsp3) is 0.476. The molecule has 0 aliphatic carbocycles. The van der Waals surface area contributed by atoms with Crippen molar-refractivity contribution in [3.63, 3.8) is 0 Å². The maximum Gasteiger partial charge on any atom is 0.338 e. The van der Waals surface area contributed by atoms with Crippen LogP contribution in [-0.4, -0.2) is 37.7 Å². The van der Waals surface area contributed by atoms with Gasteiger partial charge in [-0.1, -0.05) is 142 Å². The second-order valence-corrected chi connectivity index (χ2v) is 11.8. The van der Waals surface area contributed by atoms with Crippen LogP contribution in [0.25, 0.3) is 34.2 Å². The molecule has 3 aromatic carbocycles. The summed E-state index contributed by atoms with van der Waals surface area (Å²) in [6.07, 6.45) is 14.5. The number of aromatic nitrogens is 3. The van der Waals surface area contributed by atoms with E-state index >= 15 is 0 Å². The van der Waals surface area contributed by atoms with Gasteiger partial charge in [-0.2, -0.15) is 0 Å². The van der Waals surface area contributed by atoms with Crippen LogP contribution in [0.2, 0.25) is 0 Å². The molecule has 0 fully saturated rings. The van der Waals surface area contributed by atoms with Crippen molar-refractivity contribution in [2.75, 3.05) is 6.61 Å². The number of unbranched alkanes of at least 4 members (excludes halogenated alkanes) is 8. The molecule has 7 heteroatoms. The number of hydrogen-bond acceptors (Lipinski definition) is 7. The van der Waals surface area contributed by atoms with Gasteiger partial charge in [0.05, 0.1) is 23.3 Å². The third kappa shape index (κ3) is 13.6. The Morgan fingerprint density at radius 3 is 1.61 bits per heavy atom. The minimum atomic E-state index is -0.366. The zero-order valence-corrected chi connectivity index (χ0v) is 30.8. The van der Waals surface area contributed by atoms with Gasteiger partial charge in [-0.25, -0.2) is 19.7 Å². The highest BCUT2D eigenvalue weighted by Crippen LogP contribution is 2.32. The smallest absolute Gasteiger partial charge is 0.338 e. The molecule has 1 aromatic heterocycles. The summed E-state index contributed by atoms with van der Waals surface area (Å²) in [5.41, 5.74) is 1.89. The fourth-order valence-corrected chi connectivity index (χ4v) is 5.52. The van der Waals surface area contributed by atoms with E-state index in [0.29, 0.717) is 40.6 Å². The molecule has 0 aliphatic heterocycles. The Morgan fingerprint density at radius 2 is 1.08 bits per heavy atom. The molecule has 7 nitrogen and oxygen atoms in total. The third-order valence-electron chi connectivity index (χ3n) is 8.16. The summed E-state index contributed by atoms with van der Waals surface area (Å²) in [6.45, 7) is 12.9. The largest absolute Gasteiger partial charge is 0.507 e. The number of phenols is 2. The molecule has 4 rings (SSSR count). The molecule has 0 amide bonds. The van der Waals surface area contributed by atoms with Crippen LogP contribution >= 0.6 is 0 Å². The number of rotatable bonds is 18. The van der Waals surface area contributed by atoms with Crippen molar-refractivity contribution in [1.82, 2.24) is 15.0 Å². The maximum atomic E-state index is 13.3. The van der Waals surface area contributed by atoms with Crippen molar-refractivity contribution >= 4 is 5.97 Å². The number of ether oxygens (including phenoxy) is 1. The van der Waals surface area contributed by atoms with Crippen LogP contribution in [0, 0.1) is 5.92 Å². The molecule has 49 heavy (non-hydrogen) atoms. The van der Waals surface area contributed by atoms with Gasteiger partial charge in [0, 0.05) is 5.56 Å². The van der Waals surface area contributed by atoms with Crippen LogP contribution in [0.15, 0.2) is 72.8 Å². The number of carbonyl (C=O) groups is 1. The molecule has 2 N–H and O–H groups in total. The first-order chi connectivity index (χ1) is 24.0. The zero-order valence-electron chi connectivity index (χ0n) is 30.8. The van der Waals surface area contributed by atoms with Gasteiger partial charge in [-0.15, -0.1) is 0 Å². The molecule has 1 heterocycles. The summed E-state index contributed by atoms with van der Waals surface area (Å²) in [6, 6.07) is 20.7. The molecule has 4 aromatic rings. The lowest BCUT2D eigenvalue weighted by Crippen LogP contribution is -2.15. The maximum absolute atomic E-state index is 13.3. The highest BCUT2D eigenvalue weighted by molar-refractivity contribution is 5.90. The standard InChI is InChI=1S/C38H47N3O4.2C2H6/c1-3-5-7-9-10-12-19-28(18-11-8-6-4-2)27-45-38(44)30-21-17-20-29(26-30)35-39-36(31-22-13-15-24-33(31)42)41-37(40-35)32-23-14-16-25-34(32)43;2*1-2/h13-17,20-26,28,42-43H,3-12,18-19,27H2,1-2H3;2*1-2H3. The second kappa shape index (κ2) is 24.0. The Kier molecular flexibility index (Phi) is 20.0. The molecule has 0 saturated heterocycles. The molecular weight excluding hydrogens is 610 g/mol. The molecule has 0 aliphatic rings. The molecule has 0 bridgehead atoms. The number of para-hydroxylation sites is 2. The Balaban J connectivity index is 0.00000201. The molecular formula is C42H59N3O4. The third-order valence-corrected chi connectivity index (χ3v) is 8.16. The first-order valence-electron chi connectivity index (χ1n) is 18.6. The van der Waals surface area contributed by atoms with E-state index in [4.69, 9.17) is 4.74 Å². The molecule has 0 saturated carbocycles. The zero-order chi connectivity index (χ0) is 35.9. The molecule has 1 unspecified atom stereocenters. The van der Waals surface area contributed by atoms with Crippen molar-refractivity contribution in [2.45, 2.75) is 119 Å². The van der Waals surface area contributed by atoms with Crippen LogP contribution in [0.5, 0.6) is 11.5 Å². The highest BCUT2D eigenvalue weighted by atomic mass is 16.5. The van der Waals surface area contributed by atoms with Crippen molar-refractivity contribution < 1.29 is 19.7 Å². The van der Waals surface area contributed by atoms with Gasteiger partial charge in [0.2, 0.25) is 0 Å². The number of aromatic hydroxyl groups is 2. The van der Waals surface area contributed by atoms with Crippen LogP contribution in [-0.2, 0) is 4.74 Å². The summed E-state index contributed by atoms with van der Waals surface area (Å²) in [5, 5.41) is 21.1. The lowest BCUT2D eigenvalue weighted by molar-refractivity contribution is 0.0422. The van der Waals surface area contributed by atoms with Gasteiger partial charge in [0.25, 0.3) is 0 Å². The summed E-state index contributed by atoms with van der Waals surface area (Å²) in [4.78, 5) is 27.2. The number of phenolic OH excluding ortho intramolecular Hbond substituents is 2. The average molecular weight is 670 g/mol. The van der Waals surface area contributed by atoms with E-state index in [1.807, 2.05) is 33.8 Å². The van der Waals surface area contributed by atoms with Gasteiger partial charge in [-0.3, -0.25) is 0 Å². The summed E-state index contributed by atoms with van der Waals surface area (Å²) in [5.74, 6) is 0.879. The first kappa shape index (κ1) is 40.9. The Hall–Kier alpha value is -4.26. The minimum Gasteiger partial charge on any atom is -0.507 e. The highest BCUT2D eigenvalue weighted by Gasteiger charge is 2.18. The SMILES string of the molecule is CC.CC.CCCCCCCCC(CCCCCC)COC(=O)c1cccc(-c2nc(-c3ccccc3O)nc(-c3ccccc3O)n2)c1. The van der Waals surface area contributed by atoms with Gasteiger partial charge in [-0.05, 0) is 55.2 Å². The van der Waals surface area contributed by atoms with Crippen LogP contribution in [0.3, 0.4) is 0 Å². The Morgan fingerprint density at radius 1 is 0.612 bits per heavy atom. The van der Waals surface area contributed by atoms with Gasteiger partial charge >= 0.3 is 5.97 Å². The minimum absolute atomic E-state index is 0.0282. The molecule has 266 valence electrons. The topological polar surface area (TPSA) is 105 Å². The number of hydrogen-bond donors (Lipinski definition) is 2. The lowest BCUT2D eigenvalue weighted by Gasteiger charge is -2.17. The van der Waals surface area contributed by atoms with Crippen molar-refractivity contribution in [1.29, 1.82) is 0 Å². The van der Waals surface area contributed by atoms with E-state index in [2.05, 4.69) is 28.8 Å². The van der Waals surface area contributed by atoms with E-state index in [0.717, 1.165) is 12.8 Å². The van der Waals surface area contributed by atoms with Crippen LogP contribution < -0.4 is 0 Å². The van der Waals surface area contributed by atoms with Crippen molar-refractivity contribution in [3.8, 4) is 45.7 Å². The monoisotopic (exact) mass is 669 g/mol. The van der Waals surface area contributed by atoms with Crippen LogP contribution in [0.1, 0.15) is 129 Å². The first-order valence-corrected chi connectivity index (χ1v) is 18.6. The number of esters is 1. The number of nitrogens with zero attached hydrogens (tertiary/aromatic N) is 3. The summed E-state index contributed by atoms with van der Waals surface area (Å²) < 4.78 is 5.89. The Labute approximate surface area is 295 Å². The van der Waals surface area contributed by atoms with Crippen LogP contribution in [0.4, 0.5) is 0 Å². The van der Waals surface area contributed by atoms with E-state index in [-0.39, 0.29) is 29.1 Å². The fourth-order valence-electron chi connectivity index (χ4n) is 5.52. The molecule has 1 atom stereocenters. The quantitative estimate of drug-likeness (QED) is 0.0802. The van der Waals surface area contributed by atoms with Gasteiger partial charge in [0.15, 0.2) is 17.5 Å². The van der Waals surface area contributed by atoms with Crippen molar-refractivity contribution in [2.24, 2.45) is 5.92 Å². The van der Waals surface area contributed by atoms with Gasteiger partial charge < -0.3 is 14.9 Å². The molecule has 0 radical (unpaired) electrons. The normalized spacial score (nSPS) is 11.1. The van der Waals surface area contributed by atoms with E-state index < -0.39 is 0 Å². The lowest BCUT2D eigenvalue weighted by atomic mass is 9.95. The molecule has 0 spiro atoms. The average Bonchev–Trinajstić information content (AvgIpc) is 3.15. The van der Waals surface area contributed by atoms with E-state index in [1.54, 1.807) is 66.7 Å². The van der Waals surface area contributed by atoms with Gasteiger partial charge in [0.1, 0.15) is 11.5 Å². The predicted molar refractivity (Wildman–Crippen MR) is 203 cm³/mol. The van der Waals surface area contributed by atoms with Crippen molar-refractivity contribution in [3.05, 3.63) is 78.4 Å². The summed E-state index contributed by atoms with van der Waals surface area (Å²) in [7, 11) is 0. The number of carbonyl (C=O) groups excluding carboxylic acids is 1. The van der Waals surface area contributed by atoms with E-state index in [9.17, 15) is 15.0 Å². The Bertz CT molecular complexity index is 1440. The second-order valence-electron chi connectivity index (χ2n) is 11.8. The number of benzene rings is 3. The van der Waals surface area contributed by atoms with E-state index in [1.165, 1.54) is 64.2 Å². The predicted octanol–water partition coefficient (Wildman–Crippen LogP) is 11.8.